The van der Waals surface area contributed by atoms with E-state index < -0.39 is 91.5 Å². The minimum absolute atomic E-state index is 0.0942. The third-order valence-electron chi connectivity index (χ3n) is 15.6. The van der Waals surface area contributed by atoms with Gasteiger partial charge in [0.15, 0.2) is 6.10 Å². The van der Waals surface area contributed by atoms with E-state index in [-0.39, 0.29) is 19.3 Å². The van der Waals surface area contributed by atoms with Gasteiger partial charge in [0.2, 0.25) is 0 Å². The Labute approximate surface area is 600 Å². The van der Waals surface area contributed by atoms with Gasteiger partial charge in [0, 0.05) is 19.3 Å². The second-order valence-electron chi connectivity index (χ2n) is 25.0. The summed E-state index contributed by atoms with van der Waals surface area (Å²) in [5, 5.41) is 20.6. The number of hydrogen-bond acceptors (Lipinski definition) is 14. The Morgan fingerprint density at radius 3 is 0.869 bits per heavy atom. The fraction of sp³-hybridized carbons (Fsp3) is 0.667. The van der Waals surface area contributed by atoms with Crippen LogP contribution < -0.4 is 0 Å². The molecule has 5 atom stereocenters. The molecule has 4 N–H and O–H groups in total. The van der Waals surface area contributed by atoms with Crippen molar-refractivity contribution in [3.63, 3.8) is 0 Å². The molecule has 0 saturated heterocycles. The number of unbranched alkanes of at least 4 members (excludes halogenated alkanes) is 24. The summed E-state index contributed by atoms with van der Waals surface area (Å²) in [4.78, 5) is 58.6. The Kier molecular flexibility index (Phi) is 69.8. The number of hydrogen-bond donors (Lipinski definition) is 4. The first-order valence-corrected chi connectivity index (χ1v) is 41.1. The van der Waals surface area contributed by atoms with Gasteiger partial charge in [-0.05, 0) is 122 Å². The SMILES string of the molecule is CC/C=C\C/C=C\C/C=C\C/C=C\C/C=C\C/C=C\CCCCCCCCCCC(=O)OCC(O)COP(=O)(O)OCC(O)COP(=O)(O)OCC(COC(=O)CCCC/C=C\C/C=C\C/C=C\C/C=C\C/C=C\C/C=C\CC)OC(=O)CCCCCCCCCCCCCCCCC. The van der Waals surface area contributed by atoms with Crippen LogP contribution in [0.4, 0.5) is 0 Å². The van der Waals surface area contributed by atoms with Crippen LogP contribution in [-0.2, 0) is 55.8 Å². The Balaban J connectivity index is 4.63. The summed E-state index contributed by atoms with van der Waals surface area (Å²) in [5.41, 5.74) is 0. The highest BCUT2D eigenvalue weighted by Crippen LogP contribution is 2.45. The van der Waals surface area contributed by atoms with Gasteiger partial charge in [0.05, 0.1) is 26.4 Å². The molecule has 99 heavy (non-hydrogen) atoms. The van der Waals surface area contributed by atoms with Crippen LogP contribution in [0.15, 0.2) is 146 Å². The fourth-order valence-electron chi connectivity index (χ4n) is 9.81. The Morgan fingerprint density at radius 2 is 0.535 bits per heavy atom. The van der Waals surface area contributed by atoms with Crippen molar-refractivity contribution < 1.29 is 75.8 Å². The van der Waals surface area contributed by atoms with E-state index in [0.717, 1.165) is 148 Å². The minimum Gasteiger partial charge on any atom is -0.463 e. The molecule has 0 bridgehead atoms. The minimum atomic E-state index is -4.94. The van der Waals surface area contributed by atoms with E-state index in [1.165, 1.54) is 83.5 Å². The van der Waals surface area contributed by atoms with Gasteiger partial charge in [-0.25, -0.2) is 9.13 Å². The molecule has 566 valence electrons. The van der Waals surface area contributed by atoms with Crippen molar-refractivity contribution in [1.29, 1.82) is 0 Å². The summed E-state index contributed by atoms with van der Waals surface area (Å²) in [6.45, 7) is 2.40. The summed E-state index contributed by atoms with van der Waals surface area (Å²) < 4.78 is 61.0. The predicted octanol–water partition coefficient (Wildman–Crippen LogP) is 22.1. The number of aliphatic hydroxyl groups is 2. The van der Waals surface area contributed by atoms with Crippen LogP contribution >= 0.6 is 15.6 Å². The summed E-state index contributed by atoms with van der Waals surface area (Å²) in [5.74, 6) is -1.63. The van der Waals surface area contributed by atoms with Gasteiger partial charge in [-0.15, -0.1) is 0 Å². The van der Waals surface area contributed by atoms with E-state index >= 15 is 0 Å². The van der Waals surface area contributed by atoms with Crippen LogP contribution in [-0.4, -0.2) is 95.9 Å². The second-order valence-corrected chi connectivity index (χ2v) is 28.0. The zero-order valence-corrected chi connectivity index (χ0v) is 63.4. The van der Waals surface area contributed by atoms with Crippen LogP contribution in [0.25, 0.3) is 0 Å². The fourth-order valence-corrected chi connectivity index (χ4v) is 11.4. The molecule has 0 aromatic heterocycles. The maximum absolute atomic E-state index is 13.0. The molecule has 0 heterocycles. The molecule has 0 fully saturated rings. The van der Waals surface area contributed by atoms with Crippen LogP contribution in [0, 0.1) is 0 Å². The van der Waals surface area contributed by atoms with Crippen molar-refractivity contribution in [2.24, 2.45) is 0 Å². The number of carbonyl (C=O) groups is 3. The van der Waals surface area contributed by atoms with E-state index in [2.05, 4.69) is 167 Å². The Hall–Kier alpha value is -4.57. The number of carbonyl (C=O) groups excluding carboxylic acids is 3. The largest absolute Gasteiger partial charge is 0.472 e. The summed E-state index contributed by atoms with van der Waals surface area (Å²) in [6.07, 6.45) is 88.9. The molecule has 0 aliphatic carbocycles. The standard InChI is InChI=1S/C81H136O16P2/c1-4-7-10-13-16-19-22-25-28-30-32-34-35-36-37-38-39-41-43-44-47-49-52-55-58-61-64-67-79(84)91-70-76(82)71-93-98(87,88)94-72-77(83)73-95-99(89,90)96-75-78(97-81(86)69-66-63-60-57-54-51-46-27-24-21-18-15-12-9-6-3)74-92-80(85)68-65-62-59-56-53-50-48-45-42-40-33-31-29-26-23-20-17-14-11-8-5-2/h7-8,10-11,16-17,19-20,25-26,28-29,32-34,36-37,39-41,45,48,53,56,76-78,82-83H,4-6,9,12-15,18,21-24,27,30-31,35,38,42-44,46-47,49-52,54-55,57-75H2,1-3H3,(H,87,88)(H,89,90)/b10-7-,11-8-,19-16-,20-17-,28-25-,29-26-,34-32-,37-36-,40-33-,41-39-,48-45-,56-53-. The second kappa shape index (κ2) is 73.2. The molecular weight excluding hydrogens is 1290 g/mol. The summed E-state index contributed by atoms with van der Waals surface area (Å²) in [7, 11) is -9.80. The molecule has 5 unspecified atom stereocenters. The zero-order valence-electron chi connectivity index (χ0n) is 61.6. The molecule has 0 saturated carbocycles. The highest BCUT2D eigenvalue weighted by molar-refractivity contribution is 7.47. The number of phosphoric ester groups is 2. The average Bonchev–Trinajstić information content (AvgIpc) is 1.44. The first-order valence-electron chi connectivity index (χ1n) is 38.1. The lowest BCUT2D eigenvalue weighted by Gasteiger charge is -2.21. The molecule has 0 aromatic rings. The van der Waals surface area contributed by atoms with Crippen LogP contribution in [0.3, 0.4) is 0 Å². The van der Waals surface area contributed by atoms with Gasteiger partial charge in [0.25, 0.3) is 0 Å². The Morgan fingerprint density at radius 1 is 0.293 bits per heavy atom. The molecule has 0 amide bonds. The third kappa shape index (κ3) is 74.4. The highest BCUT2D eigenvalue weighted by Gasteiger charge is 2.29. The van der Waals surface area contributed by atoms with Gasteiger partial charge < -0.3 is 34.2 Å². The van der Waals surface area contributed by atoms with Gasteiger partial charge >= 0.3 is 33.6 Å². The van der Waals surface area contributed by atoms with Gasteiger partial charge in [-0.2, -0.15) is 0 Å². The molecule has 0 rings (SSSR count). The van der Waals surface area contributed by atoms with Gasteiger partial charge in [0.1, 0.15) is 25.4 Å². The number of aliphatic hydroxyl groups excluding tert-OH is 2. The van der Waals surface area contributed by atoms with E-state index in [9.17, 15) is 43.5 Å². The normalized spacial score (nSPS) is 14.9. The molecule has 0 radical (unpaired) electrons. The van der Waals surface area contributed by atoms with Crippen LogP contribution in [0.1, 0.15) is 290 Å². The first kappa shape index (κ1) is 94.4. The third-order valence-corrected chi connectivity index (χ3v) is 17.5. The van der Waals surface area contributed by atoms with E-state index in [4.69, 9.17) is 32.3 Å². The summed E-state index contributed by atoms with van der Waals surface area (Å²) >= 11 is 0. The van der Waals surface area contributed by atoms with Gasteiger partial charge in [-0.3, -0.25) is 32.5 Å². The van der Waals surface area contributed by atoms with E-state index in [1.54, 1.807) is 0 Å². The quantitative estimate of drug-likeness (QED) is 0.0146. The van der Waals surface area contributed by atoms with Crippen LogP contribution in [0.2, 0.25) is 0 Å². The topological polar surface area (TPSA) is 231 Å². The lowest BCUT2D eigenvalue weighted by molar-refractivity contribution is -0.161. The monoisotopic (exact) mass is 1430 g/mol. The number of phosphoric acid groups is 2. The van der Waals surface area contributed by atoms with Crippen molar-refractivity contribution in [1.82, 2.24) is 0 Å². The van der Waals surface area contributed by atoms with Crippen molar-refractivity contribution in [2.75, 3.05) is 39.6 Å². The molecule has 0 aliphatic rings. The van der Waals surface area contributed by atoms with Crippen molar-refractivity contribution in [2.45, 2.75) is 309 Å². The van der Waals surface area contributed by atoms with Crippen molar-refractivity contribution in [3.05, 3.63) is 146 Å². The molecular formula is C81H136O16P2. The number of esters is 3. The Bertz CT molecular complexity index is 2380. The molecule has 0 aliphatic heterocycles. The lowest BCUT2D eigenvalue weighted by Crippen LogP contribution is -2.30. The molecule has 0 aromatic carbocycles. The molecule has 18 heteroatoms. The van der Waals surface area contributed by atoms with Crippen LogP contribution in [0.5, 0.6) is 0 Å². The molecule has 16 nitrogen and oxygen atoms in total. The number of allylic oxidation sites excluding steroid dienone is 24. The van der Waals surface area contributed by atoms with Crippen molar-refractivity contribution in [3.8, 4) is 0 Å². The zero-order chi connectivity index (χ0) is 72.3. The first-order chi connectivity index (χ1) is 48.2. The number of rotatable bonds is 71. The smallest absolute Gasteiger partial charge is 0.463 e. The van der Waals surface area contributed by atoms with E-state index in [0.29, 0.717) is 19.3 Å². The average molecular weight is 1430 g/mol. The lowest BCUT2D eigenvalue weighted by atomic mass is 10.0. The maximum atomic E-state index is 13.0. The van der Waals surface area contributed by atoms with E-state index in [1.807, 2.05) is 0 Å². The van der Waals surface area contributed by atoms with Gasteiger partial charge in [-0.1, -0.05) is 295 Å². The summed E-state index contributed by atoms with van der Waals surface area (Å²) in [6, 6.07) is 0. The maximum Gasteiger partial charge on any atom is 0.472 e. The molecule has 0 spiro atoms. The van der Waals surface area contributed by atoms with Crippen molar-refractivity contribution >= 4 is 33.6 Å². The predicted molar refractivity (Wildman–Crippen MR) is 408 cm³/mol. The highest BCUT2D eigenvalue weighted by atomic mass is 31.2. The number of ether oxygens (including phenoxy) is 3.